The van der Waals surface area contributed by atoms with Gasteiger partial charge in [-0.1, -0.05) is 50.2 Å². The Balaban J connectivity index is 2.13. The van der Waals surface area contributed by atoms with E-state index in [1.807, 2.05) is 76.2 Å². The number of nitrogens with zero attached hydrogens (tertiary/aromatic N) is 1. The molecule has 0 aliphatic heterocycles. The molecule has 1 N–H and O–H groups in total. The standard InChI is InChI=1S/C26H36N2O3S/c1-6-20(4)27-26(30)24(7-2)28(16-22-11-9-8-10-19(22)3)25(29)18-32-17-21-12-14-23(31-5)15-13-21/h8-15,20,24H,6-7,16-18H2,1-5H3,(H,27,30)/t20-,24+/m1/s1. The second-order valence-corrected chi connectivity index (χ2v) is 9.02. The van der Waals surface area contributed by atoms with Crippen LogP contribution in [0.1, 0.15) is 50.3 Å². The maximum atomic E-state index is 13.3. The SMILES string of the molecule is CC[C@@H](C)NC(=O)[C@H](CC)N(Cc1ccccc1C)C(=O)CSCc1ccc(OC)cc1. The van der Waals surface area contributed by atoms with Crippen LogP contribution in [0.3, 0.4) is 0 Å². The quantitative estimate of drug-likeness (QED) is 0.490. The highest BCUT2D eigenvalue weighted by Crippen LogP contribution is 2.20. The predicted molar refractivity (Wildman–Crippen MR) is 133 cm³/mol. The van der Waals surface area contributed by atoms with Crippen molar-refractivity contribution in [2.24, 2.45) is 0 Å². The minimum Gasteiger partial charge on any atom is -0.497 e. The zero-order valence-corrected chi connectivity index (χ0v) is 20.7. The third-order valence-electron chi connectivity index (χ3n) is 5.64. The fraction of sp³-hybridized carbons (Fsp3) is 0.462. The summed E-state index contributed by atoms with van der Waals surface area (Å²) in [7, 11) is 1.65. The minimum atomic E-state index is -0.488. The van der Waals surface area contributed by atoms with E-state index in [-0.39, 0.29) is 17.9 Å². The van der Waals surface area contributed by atoms with Crippen molar-refractivity contribution in [3.63, 3.8) is 0 Å². The van der Waals surface area contributed by atoms with E-state index in [0.717, 1.165) is 34.6 Å². The summed E-state index contributed by atoms with van der Waals surface area (Å²) in [6, 6.07) is 15.5. The van der Waals surface area contributed by atoms with Crippen LogP contribution in [0, 0.1) is 6.92 Å². The molecule has 0 aliphatic carbocycles. The zero-order chi connectivity index (χ0) is 23.5. The Bertz CT molecular complexity index is 870. The number of methoxy groups -OCH3 is 1. The molecule has 0 aliphatic rings. The van der Waals surface area contributed by atoms with E-state index in [1.54, 1.807) is 23.8 Å². The highest BCUT2D eigenvalue weighted by Gasteiger charge is 2.29. The first-order valence-electron chi connectivity index (χ1n) is 11.2. The van der Waals surface area contributed by atoms with E-state index < -0.39 is 6.04 Å². The van der Waals surface area contributed by atoms with Gasteiger partial charge in [0.1, 0.15) is 11.8 Å². The number of ether oxygens (including phenoxy) is 1. The van der Waals surface area contributed by atoms with Crippen molar-refractivity contribution < 1.29 is 14.3 Å². The molecule has 2 aromatic rings. The molecule has 32 heavy (non-hydrogen) atoms. The van der Waals surface area contributed by atoms with Crippen molar-refractivity contribution in [1.82, 2.24) is 10.2 Å². The second-order valence-electron chi connectivity index (χ2n) is 8.03. The Morgan fingerprint density at radius 3 is 2.34 bits per heavy atom. The van der Waals surface area contributed by atoms with Crippen molar-refractivity contribution in [3.05, 3.63) is 65.2 Å². The number of thioether (sulfide) groups is 1. The first kappa shape index (κ1) is 25.8. The van der Waals surface area contributed by atoms with Gasteiger partial charge in [-0.05, 0) is 55.5 Å². The average Bonchev–Trinajstić information content (AvgIpc) is 2.80. The normalized spacial score (nSPS) is 12.7. The lowest BCUT2D eigenvalue weighted by Gasteiger charge is -2.32. The zero-order valence-electron chi connectivity index (χ0n) is 19.9. The van der Waals surface area contributed by atoms with Crippen molar-refractivity contribution in [3.8, 4) is 5.75 Å². The number of carbonyl (C=O) groups excluding carboxylic acids is 2. The summed E-state index contributed by atoms with van der Waals surface area (Å²) < 4.78 is 5.20. The molecule has 2 aromatic carbocycles. The van der Waals surface area contributed by atoms with Crippen LogP contribution in [-0.2, 0) is 21.9 Å². The summed E-state index contributed by atoms with van der Waals surface area (Å²) >= 11 is 1.57. The lowest BCUT2D eigenvalue weighted by molar-refractivity contribution is -0.139. The molecule has 0 heterocycles. The van der Waals surface area contributed by atoms with Gasteiger partial charge in [-0.15, -0.1) is 11.8 Å². The van der Waals surface area contributed by atoms with E-state index in [0.29, 0.717) is 18.7 Å². The molecule has 0 spiro atoms. The third kappa shape index (κ3) is 7.59. The van der Waals surface area contributed by atoms with Gasteiger partial charge in [-0.2, -0.15) is 0 Å². The summed E-state index contributed by atoms with van der Waals surface area (Å²) in [5.74, 6) is 1.77. The molecule has 2 rings (SSSR count). The maximum absolute atomic E-state index is 13.3. The highest BCUT2D eigenvalue weighted by molar-refractivity contribution is 7.99. The lowest BCUT2D eigenvalue weighted by Crippen LogP contribution is -2.51. The van der Waals surface area contributed by atoms with E-state index in [2.05, 4.69) is 5.32 Å². The summed E-state index contributed by atoms with van der Waals surface area (Å²) in [5, 5.41) is 3.06. The second kappa shape index (κ2) is 13.2. The number of aryl methyl sites for hydroxylation is 1. The highest BCUT2D eigenvalue weighted by atomic mass is 32.2. The molecule has 5 nitrogen and oxygen atoms in total. The number of carbonyl (C=O) groups is 2. The number of rotatable bonds is 12. The Kier molecular flexibility index (Phi) is 10.6. The van der Waals surface area contributed by atoms with E-state index in [9.17, 15) is 9.59 Å². The molecule has 174 valence electrons. The average molecular weight is 457 g/mol. The first-order chi connectivity index (χ1) is 15.4. The van der Waals surface area contributed by atoms with Gasteiger partial charge in [0.05, 0.1) is 12.9 Å². The van der Waals surface area contributed by atoms with Gasteiger partial charge in [0.15, 0.2) is 0 Å². The van der Waals surface area contributed by atoms with Gasteiger partial charge in [-0.25, -0.2) is 0 Å². The Labute approximate surface area is 196 Å². The number of hydrogen-bond acceptors (Lipinski definition) is 4. The predicted octanol–water partition coefficient (Wildman–Crippen LogP) is 4.96. The molecule has 0 saturated heterocycles. The Hall–Kier alpha value is -2.47. The summed E-state index contributed by atoms with van der Waals surface area (Å²) in [6.45, 7) is 8.46. The van der Waals surface area contributed by atoms with Gasteiger partial charge < -0.3 is 15.0 Å². The number of benzene rings is 2. The first-order valence-corrected chi connectivity index (χ1v) is 12.4. The van der Waals surface area contributed by atoms with Gasteiger partial charge in [-0.3, -0.25) is 9.59 Å². The fourth-order valence-electron chi connectivity index (χ4n) is 3.39. The van der Waals surface area contributed by atoms with Crippen LogP contribution >= 0.6 is 11.8 Å². The minimum absolute atomic E-state index is 0.0158. The molecule has 0 radical (unpaired) electrons. The van der Waals surface area contributed by atoms with Crippen molar-refractivity contribution in [1.29, 1.82) is 0 Å². The van der Waals surface area contributed by atoms with Crippen LogP contribution in [-0.4, -0.2) is 41.7 Å². The number of amides is 2. The van der Waals surface area contributed by atoms with Crippen molar-refractivity contribution in [2.45, 2.75) is 64.9 Å². The van der Waals surface area contributed by atoms with Crippen LogP contribution in [0.5, 0.6) is 5.75 Å². The molecule has 0 unspecified atom stereocenters. The van der Waals surface area contributed by atoms with Gasteiger partial charge >= 0.3 is 0 Å². The smallest absolute Gasteiger partial charge is 0.243 e. The largest absolute Gasteiger partial charge is 0.497 e. The van der Waals surface area contributed by atoms with Crippen LogP contribution in [0.2, 0.25) is 0 Å². The molecular formula is C26H36N2O3S. The van der Waals surface area contributed by atoms with Crippen molar-refractivity contribution >= 4 is 23.6 Å². The molecular weight excluding hydrogens is 420 g/mol. The van der Waals surface area contributed by atoms with E-state index in [1.165, 1.54) is 0 Å². The van der Waals surface area contributed by atoms with Crippen LogP contribution in [0.25, 0.3) is 0 Å². The van der Waals surface area contributed by atoms with Gasteiger partial charge in [0.2, 0.25) is 11.8 Å². The number of nitrogens with one attached hydrogen (secondary N) is 1. The molecule has 0 saturated carbocycles. The van der Waals surface area contributed by atoms with Gasteiger partial charge in [0.25, 0.3) is 0 Å². The Morgan fingerprint density at radius 2 is 1.75 bits per heavy atom. The summed E-state index contributed by atoms with van der Waals surface area (Å²) in [5.41, 5.74) is 3.32. The molecule has 0 aromatic heterocycles. The molecule has 6 heteroatoms. The Morgan fingerprint density at radius 1 is 1.06 bits per heavy atom. The lowest BCUT2D eigenvalue weighted by atomic mass is 10.1. The third-order valence-corrected chi connectivity index (χ3v) is 6.63. The van der Waals surface area contributed by atoms with Crippen LogP contribution < -0.4 is 10.1 Å². The maximum Gasteiger partial charge on any atom is 0.243 e. The number of hydrogen-bond donors (Lipinski definition) is 1. The molecule has 0 bridgehead atoms. The van der Waals surface area contributed by atoms with E-state index in [4.69, 9.17) is 4.74 Å². The molecule has 2 amide bonds. The fourth-order valence-corrected chi connectivity index (χ4v) is 4.26. The molecule has 0 fully saturated rings. The van der Waals surface area contributed by atoms with Gasteiger partial charge in [0, 0.05) is 18.3 Å². The molecule has 2 atom stereocenters. The van der Waals surface area contributed by atoms with Crippen LogP contribution in [0.15, 0.2) is 48.5 Å². The summed E-state index contributed by atoms with van der Waals surface area (Å²) in [4.78, 5) is 28.1. The van der Waals surface area contributed by atoms with Crippen LogP contribution in [0.4, 0.5) is 0 Å². The van der Waals surface area contributed by atoms with E-state index >= 15 is 0 Å². The monoisotopic (exact) mass is 456 g/mol. The van der Waals surface area contributed by atoms with Crippen molar-refractivity contribution in [2.75, 3.05) is 12.9 Å². The summed E-state index contributed by atoms with van der Waals surface area (Å²) in [6.07, 6.45) is 1.43. The topological polar surface area (TPSA) is 58.6 Å².